The van der Waals surface area contributed by atoms with Crippen molar-refractivity contribution in [2.24, 2.45) is 7.05 Å². The first-order valence-corrected chi connectivity index (χ1v) is 4.36. The summed E-state index contributed by atoms with van der Waals surface area (Å²) in [6, 6.07) is 0. The highest BCUT2D eigenvalue weighted by atomic mass is 16.5. The van der Waals surface area contributed by atoms with E-state index in [1.165, 1.54) is 16.9 Å². The van der Waals surface area contributed by atoms with Crippen molar-refractivity contribution in [3.63, 3.8) is 0 Å². The fourth-order valence-corrected chi connectivity index (χ4v) is 1.70. The summed E-state index contributed by atoms with van der Waals surface area (Å²) in [5.41, 5.74) is 3.64. The summed E-state index contributed by atoms with van der Waals surface area (Å²) in [6.45, 7) is 2.09. The third-order valence-corrected chi connectivity index (χ3v) is 2.39. The summed E-state index contributed by atoms with van der Waals surface area (Å²) in [5.74, 6) is 0. The number of aromatic nitrogens is 1. The van der Waals surface area contributed by atoms with Crippen LogP contribution in [0.15, 0.2) is 12.3 Å². The maximum Gasteiger partial charge on any atom is 0.147 e. The van der Waals surface area contributed by atoms with E-state index in [4.69, 9.17) is 4.74 Å². The van der Waals surface area contributed by atoms with Crippen LogP contribution < -0.4 is 5.32 Å². The summed E-state index contributed by atoms with van der Waals surface area (Å²) in [7, 11) is 3.75. The molecule has 1 aromatic rings. The third-order valence-electron chi connectivity index (χ3n) is 2.39. The topological polar surface area (TPSA) is 26.2 Å². The van der Waals surface area contributed by atoms with E-state index in [2.05, 4.69) is 29.1 Å². The molecule has 3 heteroatoms. The number of ether oxygens (including phenoxy) is 1. The van der Waals surface area contributed by atoms with Crippen molar-refractivity contribution in [2.75, 3.05) is 12.4 Å². The Hall–Kier alpha value is -1.22. The van der Waals surface area contributed by atoms with Crippen LogP contribution in [-0.2, 0) is 11.8 Å². The number of hydrogen-bond acceptors (Lipinski definition) is 2. The Bertz CT molecular complexity index is 352. The molecule has 0 saturated carbocycles. The Morgan fingerprint density at radius 3 is 3.00 bits per heavy atom. The van der Waals surface area contributed by atoms with Crippen molar-refractivity contribution in [1.29, 1.82) is 0 Å². The van der Waals surface area contributed by atoms with E-state index >= 15 is 0 Å². The molecule has 1 atom stereocenters. The molecule has 0 aliphatic carbocycles. The van der Waals surface area contributed by atoms with Crippen molar-refractivity contribution in [1.82, 2.24) is 4.57 Å². The van der Waals surface area contributed by atoms with E-state index in [1.807, 2.05) is 13.1 Å². The molecule has 0 amide bonds. The maximum absolute atomic E-state index is 5.21. The largest absolute Gasteiger partial charge is 0.358 e. The summed E-state index contributed by atoms with van der Waals surface area (Å²) in [5, 5.41) is 3.31. The number of methoxy groups -OCH3 is 1. The Morgan fingerprint density at radius 2 is 2.31 bits per heavy atom. The van der Waals surface area contributed by atoms with E-state index in [-0.39, 0.29) is 6.23 Å². The molecule has 3 nitrogen and oxygen atoms in total. The van der Waals surface area contributed by atoms with Gasteiger partial charge >= 0.3 is 0 Å². The van der Waals surface area contributed by atoms with Gasteiger partial charge in [-0.25, -0.2) is 0 Å². The number of hydrogen-bond donors (Lipinski definition) is 1. The van der Waals surface area contributed by atoms with E-state index in [1.54, 1.807) is 7.11 Å². The predicted molar refractivity (Wildman–Crippen MR) is 53.6 cm³/mol. The number of fused-ring (bicyclic) bond motifs is 1. The van der Waals surface area contributed by atoms with Crippen LogP contribution in [-0.4, -0.2) is 17.9 Å². The number of nitrogens with one attached hydrogen (secondary N) is 1. The average molecular weight is 178 g/mol. The van der Waals surface area contributed by atoms with Gasteiger partial charge in [0.2, 0.25) is 0 Å². The van der Waals surface area contributed by atoms with Crippen LogP contribution in [0.3, 0.4) is 0 Å². The third kappa shape index (κ3) is 1.25. The number of nitrogens with zero attached hydrogens (tertiary/aromatic N) is 1. The van der Waals surface area contributed by atoms with Crippen molar-refractivity contribution in [2.45, 2.75) is 13.2 Å². The van der Waals surface area contributed by atoms with Crippen molar-refractivity contribution in [3.8, 4) is 0 Å². The summed E-state index contributed by atoms with van der Waals surface area (Å²) >= 11 is 0. The zero-order valence-electron chi connectivity index (χ0n) is 8.16. The van der Waals surface area contributed by atoms with Gasteiger partial charge in [-0.15, -0.1) is 0 Å². The molecule has 0 spiro atoms. The Morgan fingerprint density at radius 1 is 1.54 bits per heavy atom. The fraction of sp³-hybridized carbons (Fsp3) is 0.400. The normalized spacial score (nSPS) is 19.8. The lowest BCUT2D eigenvalue weighted by molar-refractivity contribution is 0.163. The molecule has 1 aliphatic rings. The van der Waals surface area contributed by atoms with Gasteiger partial charge in [0.15, 0.2) is 0 Å². The Balaban J connectivity index is 2.43. The molecule has 70 valence electrons. The first-order chi connectivity index (χ1) is 6.22. The van der Waals surface area contributed by atoms with Gasteiger partial charge in [-0.1, -0.05) is 0 Å². The average Bonchev–Trinajstić information content (AvgIpc) is 2.42. The molecule has 0 bridgehead atoms. The summed E-state index contributed by atoms with van der Waals surface area (Å²) in [6.07, 6.45) is 6.23. The maximum atomic E-state index is 5.21. The monoisotopic (exact) mass is 178 g/mol. The number of aryl methyl sites for hydroxylation is 2. The first-order valence-electron chi connectivity index (χ1n) is 4.36. The number of anilines is 1. The predicted octanol–water partition coefficient (Wildman–Crippen LogP) is 1.74. The van der Waals surface area contributed by atoms with Gasteiger partial charge in [0.25, 0.3) is 0 Å². The van der Waals surface area contributed by atoms with Gasteiger partial charge < -0.3 is 14.6 Å². The van der Waals surface area contributed by atoms with Crippen molar-refractivity contribution < 1.29 is 4.74 Å². The summed E-state index contributed by atoms with van der Waals surface area (Å²) < 4.78 is 7.32. The van der Waals surface area contributed by atoms with Gasteiger partial charge in [0.1, 0.15) is 6.23 Å². The highest BCUT2D eigenvalue weighted by molar-refractivity contribution is 5.71. The molecule has 1 aliphatic heterocycles. The van der Waals surface area contributed by atoms with Crippen LogP contribution in [0, 0.1) is 6.92 Å². The SMILES string of the molecule is COC1C=Cc2c(c(C)cn2C)N1. The van der Waals surface area contributed by atoms with Crippen molar-refractivity contribution >= 4 is 11.8 Å². The second kappa shape index (κ2) is 2.92. The van der Waals surface area contributed by atoms with E-state index in [9.17, 15) is 0 Å². The zero-order chi connectivity index (χ0) is 9.42. The lowest BCUT2D eigenvalue weighted by Gasteiger charge is -2.19. The highest BCUT2D eigenvalue weighted by Crippen LogP contribution is 2.27. The quantitative estimate of drug-likeness (QED) is 0.709. The van der Waals surface area contributed by atoms with E-state index in [0.717, 1.165) is 0 Å². The van der Waals surface area contributed by atoms with Crippen molar-refractivity contribution in [3.05, 3.63) is 23.5 Å². The molecule has 1 N–H and O–H groups in total. The molecular weight excluding hydrogens is 164 g/mol. The minimum Gasteiger partial charge on any atom is -0.358 e. The molecule has 1 aromatic heterocycles. The summed E-state index contributed by atoms with van der Waals surface area (Å²) in [4.78, 5) is 0. The second-order valence-electron chi connectivity index (χ2n) is 3.34. The molecule has 0 radical (unpaired) electrons. The molecule has 1 unspecified atom stereocenters. The van der Waals surface area contributed by atoms with Crippen LogP contribution in [0.4, 0.5) is 5.69 Å². The zero-order valence-corrected chi connectivity index (χ0v) is 8.16. The van der Waals surface area contributed by atoms with Crippen LogP contribution in [0.1, 0.15) is 11.3 Å². The van der Waals surface area contributed by atoms with Gasteiger partial charge in [-0.05, 0) is 24.6 Å². The number of rotatable bonds is 1. The Labute approximate surface area is 78.0 Å². The van der Waals surface area contributed by atoms with Gasteiger partial charge in [-0.2, -0.15) is 0 Å². The fourth-order valence-electron chi connectivity index (χ4n) is 1.70. The molecule has 2 rings (SSSR count). The first kappa shape index (κ1) is 8.38. The molecule has 0 saturated heterocycles. The minimum atomic E-state index is 0.00796. The molecule has 13 heavy (non-hydrogen) atoms. The van der Waals surface area contributed by atoms with Gasteiger partial charge in [0.05, 0.1) is 11.4 Å². The molecular formula is C10H14N2O. The second-order valence-corrected chi connectivity index (χ2v) is 3.34. The lowest BCUT2D eigenvalue weighted by Crippen LogP contribution is -2.22. The smallest absolute Gasteiger partial charge is 0.147 e. The minimum absolute atomic E-state index is 0.00796. The standard InChI is InChI=1S/C10H14N2O/c1-7-6-12(2)8-4-5-9(13-3)11-10(7)8/h4-6,9,11H,1-3H3. The lowest BCUT2D eigenvalue weighted by atomic mass is 10.2. The van der Waals surface area contributed by atoms with Crippen LogP contribution in [0.25, 0.3) is 6.08 Å². The van der Waals surface area contributed by atoms with E-state index in [0.29, 0.717) is 0 Å². The molecule has 0 fully saturated rings. The van der Waals surface area contributed by atoms with Crippen LogP contribution in [0.2, 0.25) is 0 Å². The van der Waals surface area contributed by atoms with Gasteiger partial charge in [0, 0.05) is 20.4 Å². The van der Waals surface area contributed by atoms with Crippen LogP contribution >= 0.6 is 0 Å². The Kier molecular flexibility index (Phi) is 1.88. The van der Waals surface area contributed by atoms with Gasteiger partial charge in [-0.3, -0.25) is 0 Å². The highest BCUT2D eigenvalue weighted by Gasteiger charge is 2.16. The van der Waals surface area contributed by atoms with Crippen LogP contribution in [0.5, 0.6) is 0 Å². The molecule has 0 aromatic carbocycles. The molecule has 2 heterocycles. The van der Waals surface area contributed by atoms with E-state index < -0.39 is 0 Å².